The molecule has 1 saturated heterocycles. The minimum absolute atomic E-state index is 0.125. The number of piperazine rings is 1. The number of benzene rings is 2. The van der Waals surface area contributed by atoms with Crippen molar-refractivity contribution < 1.29 is 29.2 Å². The number of hydrogen-bond donors (Lipinski definition) is 2. The molecule has 9 nitrogen and oxygen atoms in total. The van der Waals surface area contributed by atoms with Crippen LogP contribution in [0.25, 0.3) is 0 Å². The average molecular weight is 566 g/mol. The molecule has 0 amide bonds. The van der Waals surface area contributed by atoms with Crippen LogP contribution in [-0.2, 0) is 12.8 Å². The summed E-state index contributed by atoms with van der Waals surface area (Å²) in [6.07, 6.45) is 4.91. The van der Waals surface area contributed by atoms with Crippen molar-refractivity contribution in [1.29, 1.82) is 5.26 Å². The third-order valence-corrected chi connectivity index (χ3v) is 9.74. The Balaban J connectivity index is 1.81. The summed E-state index contributed by atoms with van der Waals surface area (Å²) in [5.41, 5.74) is 4.95. The minimum Gasteiger partial charge on any atom is -0.504 e. The molecule has 0 spiro atoms. The van der Waals surface area contributed by atoms with Crippen molar-refractivity contribution in [3.05, 3.63) is 33.4 Å². The highest BCUT2D eigenvalue weighted by molar-refractivity contribution is 5.67. The van der Waals surface area contributed by atoms with Gasteiger partial charge in [-0.15, -0.1) is 0 Å². The van der Waals surface area contributed by atoms with Crippen LogP contribution in [-0.4, -0.2) is 73.6 Å². The summed E-state index contributed by atoms with van der Waals surface area (Å²) >= 11 is 0. The highest BCUT2D eigenvalue weighted by atomic mass is 16.5. The van der Waals surface area contributed by atoms with Crippen LogP contribution in [0.5, 0.6) is 34.5 Å². The van der Waals surface area contributed by atoms with E-state index in [0.717, 1.165) is 59.1 Å². The first-order chi connectivity index (χ1) is 19.7. The Bertz CT molecular complexity index is 1390. The molecule has 5 rings (SSSR count). The van der Waals surface area contributed by atoms with Gasteiger partial charge in [0, 0.05) is 51.5 Å². The fraction of sp³-hybridized carbons (Fsp3) is 0.594. The molecule has 5 atom stereocenters. The number of nitrogens with zero attached hydrogens (tertiary/aromatic N) is 3. The minimum atomic E-state index is -0.443. The van der Waals surface area contributed by atoms with E-state index < -0.39 is 6.04 Å². The maximum atomic E-state index is 11.7. The van der Waals surface area contributed by atoms with Crippen molar-refractivity contribution in [3.63, 3.8) is 0 Å². The number of unbranched alkanes of at least 4 members (excludes halogenated alkanes) is 2. The summed E-state index contributed by atoms with van der Waals surface area (Å²) in [4.78, 5) is 4.57. The first-order valence-electron chi connectivity index (χ1n) is 14.5. The van der Waals surface area contributed by atoms with E-state index >= 15 is 0 Å². The largest absolute Gasteiger partial charge is 0.504 e. The van der Waals surface area contributed by atoms with E-state index in [1.165, 1.54) is 0 Å². The van der Waals surface area contributed by atoms with Gasteiger partial charge >= 0.3 is 0 Å². The number of methoxy groups -OCH3 is 4. The Morgan fingerprint density at radius 2 is 1.32 bits per heavy atom. The van der Waals surface area contributed by atoms with Gasteiger partial charge in [-0.1, -0.05) is 26.2 Å². The van der Waals surface area contributed by atoms with Crippen LogP contribution in [0.15, 0.2) is 0 Å². The number of aromatic hydroxyl groups is 2. The molecule has 2 bridgehead atoms. The fourth-order valence-electron chi connectivity index (χ4n) is 8.09. The maximum Gasteiger partial charge on any atom is 0.167 e. The lowest BCUT2D eigenvalue weighted by Gasteiger charge is -2.60. The summed E-state index contributed by atoms with van der Waals surface area (Å²) in [7, 11) is 8.47. The Hall–Kier alpha value is -3.35. The first-order valence-corrected chi connectivity index (χ1v) is 14.5. The highest BCUT2D eigenvalue weighted by Gasteiger charge is 2.56. The van der Waals surface area contributed by atoms with Gasteiger partial charge in [0.15, 0.2) is 23.0 Å². The fourth-order valence-corrected chi connectivity index (χ4v) is 8.09. The number of phenolic OH excluding ortho intramolecular Hbond substituents is 2. The van der Waals surface area contributed by atoms with Crippen LogP contribution < -0.4 is 18.9 Å². The number of fused-ring (bicyclic) bond motifs is 7. The molecule has 0 aliphatic carbocycles. The van der Waals surface area contributed by atoms with Crippen LogP contribution in [0.3, 0.4) is 0 Å². The molecule has 3 aliphatic rings. The lowest BCUT2D eigenvalue weighted by Crippen LogP contribution is -2.68. The van der Waals surface area contributed by atoms with E-state index in [1.807, 2.05) is 20.9 Å². The molecular formula is C32H43N3O6. The molecule has 3 heterocycles. The number of hydrogen-bond acceptors (Lipinski definition) is 9. The lowest BCUT2D eigenvalue weighted by molar-refractivity contribution is -0.0752. The van der Waals surface area contributed by atoms with Gasteiger partial charge in [-0.05, 0) is 40.2 Å². The normalized spacial score (nSPS) is 25.0. The van der Waals surface area contributed by atoms with E-state index in [1.54, 1.807) is 28.4 Å². The van der Waals surface area contributed by atoms with Gasteiger partial charge in [0.2, 0.25) is 0 Å². The van der Waals surface area contributed by atoms with E-state index in [-0.39, 0.29) is 35.7 Å². The van der Waals surface area contributed by atoms with Crippen molar-refractivity contribution in [1.82, 2.24) is 9.80 Å². The molecule has 1 fully saturated rings. The Morgan fingerprint density at radius 1 is 0.805 bits per heavy atom. The van der Waals surface area contributed by atoms with Crippen LogP contribution in [0, 0.1) is 25.2 Å². The SMILES string of the molecule is CCCCC[C@H]1c2c(O)c(OC)c(C)c(OC)c2C[C@H]2[C@H]3c4c(O)c(OC)c(C)c(OC)c4C[C@@H]([C@H](C#N)N12)N3C. The molecule has 0 unspecified atom stereocenters. The van der Waals surface area contributed by atoms with E-state index in [2.05, 4.69) is 22.8 Å². The van der Waals surface area contributed by atoms with Crippen molar-refractivity contribution in [3.8, 4) is 40.6 Å². The Labute approximate surface area is 243 Å². The first kappa shape index (κ1) is 29.2. The summed E-state index contributed by atoms with van der Waals surface area (Å²) < 4.78 is 23.3. The van der Waals surface area contributed by atoms with E-state index in [9.17, 15) is 15.5 Å². The maximum absolute atomic E-state index is 11.7. The second kappa shape index (κ2) is 11.1. The molecule has 2 N–H and O–H groups in total. The average Bonchev–Trinajstić information content (AvgIpc) is 2.94. The predicted octanol–water partition coefficient (Wildman–Crippen LogP) is 5.10. The second-order valence-corrected chi connectivity index (χ2v) is 11.6. The monoisotopic (exact) mass is 565 g/mol. The highest BCUT2D eigenvalue weighted by Crippen LogP contribution is 2.59. The van der Waals surface area contributed by atoms with Gasteiger partial charge in [0.05, 0.1) is 40.6 Å². The topological polar surface area (TPSA) is 108 Å². The number of ether oxygens (including phenoxy) is 4. The molecule has 3 aliphatic heterocycles. The van der Waals surface area contributed by atoms with Gasteiger partial charge in [-0.2, -0.15) is 5.26 Å². The molecular weight excluding hydrogens is 522 g/mol. The van der Waals surface area contributed by atoms with Crippen LogP contribution in [0.1, 0.15) is 78.1 Å². The molecule has 2 aromatic rings. The van der Waals surface area contributed by atoms with Crippen molar-refractivity contribution in [2.75, 3.05) is 35.5 Å². The van der Waals surface area contributed by atoms with Crippen LogP contribution >= 0.6 is 0 Å². The quantitative estimate of drug-likeness (QED) is 0.423. The predicted molar refractivity (Wildman–Crippen MR) is 156 cm³/mol. The summed E-state index contributed by atoms with van der Waals surface area (Å²) in [6.45, 7) is 5.97. The summed E-state index contributed by atoms with van der Waals surface area (Å²) in [5.74, 6) is 2.48. The van der Waals surface area contributed by atoms with Gasteiger partial charge in [0.25, 0.3) is 0 Å². The smallest absolute Gasteiger partial charge is 0.167 e. The molecule has 9 heteroatoms. The van der Waals surface area contributed by atoms with Gasteiger partial charge in [-0.25, -0.2) is 0 Å². The Kier molecular flexibility index (Phi) is 7.92. The zero-order valence-electron chi connectivity index (χ0n) is 25.5. The molecule has 2 aromatic carbocycles. The number of nitriles is 1. The molecule has 0 saturated carbocycles. The third-order valence-electron chi connectivity index (χ3n) is 9.74. The lowest BCUT2D eigenvalue weighted by atomic mass is 9.71. The third kappa shape index (κ3) is 4.10. The van der Waals surface area contributed by atoms with Crippen molar-refractivity contribution in [2.24, 2.45) is 0 Å². The number of likely N-dealkylation sites (N-methyl/N-ethyl adjacent to an activating group) is 1. The van der Waals surface area contributed by atoms with Crippen LogP contribution in [0.2, 0.25) is 0 Å². The van der Waals surface area contributed by atoms with Gasteiger partial charge < -0.3 is 29.2 Å². The molecule has 41 heavy (non-hydrogen) atoms. The number of rotatable bonds is 8. The van der Waals surface area contributed by atoms with E-state index in [0.29, 0.717) is 35.8 Å². The number of phenols is 2. The van der Waals surface area contributed by atoms with Crippen LogP contribution in [0.4, 0.5) is 0 Å². The standard InChI is InChI=1S/C32H43N3O6/c1-9-10-11-12-20-24-18(29(38-5)16(2)31(40-7)27(24)36)14-22-26-25-19(13-21(34(26)4)23(15-33)35(20)22)30(39-6)17(3)32(41-8)28(25)37/h20-23,26,36-37H,9-14H2,1-8H3/t20-,21-,22-,23-,26-/m0/s1. The van der Waals surface area contributed by atoms with Gasteiger partial charge in [-0.3, -0.25) is 9.80 Å². The zero-order valence-corrected chi connectivity index (χ0v) is 25.5. The van der Waals surface area contributed by atoms with Gasteiger partial charge in [0.1, 0.15) is 17.5 Å². The molecule has 0 aromatic heterocycles. The van der Waals surface area contributed by atoms with Crippen molar-refractivity contribution >= 4 is 0 Å². The van der Waals surface area contributed by atoms with E-state index in [4.69, 9.17) is 18.9 Å². The zero-order chi connectivity index (χ0) is 29.7. The summed E-state index contributed by atoms with van der Waals surface area (Å²) in [6, 6.07) is 1.44. The molecule has 222 valence electrons. The second-order valence-electron chi connectivity index (χ2n) is 11.6. The van der Waals surface area contributed by atoms with Crippen molar-refractivity contribution in [2.45, 2.75) is 89.5 Å². The Morgan fingerprint density at radius 3 is 1.83 bits per heavy atom. The molecule has 0 radical (unpaired) electrons. The summed E-state index contributed by atoms with van der Waals surface area (Å²) in [5, 5.41) is 34.1.